The van der Waals surface area contributed by atoms with Crippen molar-refractivity contribution in [2.45, 2.75) is 6.42 Å². The zero-order chi connectivity index (χ0) is 19.1. The summed E-state index contributed by atoms with van der Waals surface area (Å²) >= 11 is 0. The van der Waals surface area contributed by atoms with Crippen LogP contribution in [0.5, 0.6) is 5.75 Å². The number of hydrogen-bond acceptors (Lipinski definition) is 6. The van der Waals surface area contributed by atoms with Gasteiger partial charge in [0.2, 0.25) is 0 Å². The molecule has 0 aromatic heterocycles. The van der Waals surface area contributed by atoms with Crippen LogP contribution in [0.3, 0.4) is 0 Å². The second-order valence-corrected chi connectivity index (χ2v) is 5.70. The normalized spacial score (nSPS) is 13.5. The molecule has 1 aliphatic heterocycles. The van der Waals surface area contributed by atoms with Gasteiger partial charge in [0, 0.05) is 29.7 Å². The van der Waals surface area contributed by atoms with Crippen molar-refractivity contribution >= 4 is 11.8 Å². The number of hydrogen-bond donors (Lipinski definition) is 0. The van der Waals surface area contributed by atoms with Gasteiger partial charge >= 0.3 is 11.9 Å². The molecular weight excluding hydrogens is 348 g/mol. The second kappa shape index (κ2) is 8.82. The number of carbonyl (C=O) groups is 2. The predicted octanol–water partition coefficient (Wildman–Crippen LogP) is 3.39. The van der Waals surface area contributed by atoms with Crippen molar-refractivity contribution in [3.8, 4) is 5.75 Å². The molecular formula is C21H18O6. The minimum Gasteiger partial charge on any atom is -0.497 e. The third kappa shape index (κ3) is 5.05. The van der Waals surface area contributed by atoms with E-state index in [4.69, 9.17) is 9.47 Å². The van der Waals surface area contributed by atoms with E-state index in [9.17, 15) is 9.59 Å². The fraction of sp³-hybridized carbons (Fsp3) is 0.143. The first-order valence-corrected chi connectivity index (χ1v) is 8.30. The van der Waals surface area contributed by atoms with Crippen molar-refractivity contribution in [2.75, 3.05) is 13.7 Å². The van der Waals surface area contributed by atoms with E-state index in [0.717, 1.165) is 5.56 Å². The standard InChI is InChI=1S/C21H18O6/c1-24-18-9-7-16(8-10-18)21(23)17(13-15-5-3-2-4-6-15)14-19(22)26-20-11-12-25-27-20/h2-11,14H,12-13H2,1H3. The highest BCUT2D eigenvalue weighted by atomic mass is 17.2. The number of ketones is 1. The van der Waals surface area contributed by atoms with Gasteiger partial charge in [-0.2, -0.15) is 4.89 Å². The number of carbonyl (C=O) groups excluding carboxylic acids is 2. The Morgan fingerprint density at radius 2 is 1.81 bits per heavy atom. The summed E-state index contributed by atoms with van der Waals surface area (Å²) in [5, 5.41) is 0. The molecule has 0 radical (unpaired) electrons. The SMILES string of the molecule is COc1ccc(C(=O)C(=CC(=O)OC2=CCOO2)Cc2ccccc2)cc1. The lowest BCUT2D eigenvalue weighted by atomic mass is 9.96. The number of Topliss-reactive ketones (excluding diaryl/α,β-unsaturated/α-hetero) is 1. The Hall–Kier alpha value is -3.38. The fourth-order valence-corrected chi connectivity index (χ4v) is 2.50. The van der Waals surface area contributed by atoms with Crippen LogP contribution in [0.4, 0.5) is 0 Å². The van der Waals surface area contributed by atoms with Crippen LogP contribution in [0.2, 0.25) is 0 Å². The molecule has 0 aliphatic carbocycles. The molecule has 3 rings (SSSR count). The van der Waals surface area contributed by atoms with E-state index in [1.165, 1.54) is 12.2 Å². The molecule has 0 N–H and O–H groups in total. The van der Waals surface area contributed by atoms with E-state index in [2.05, 4.69) is 9.78 Å². The first-order valence-electron chi connectivity index (χ1n) is 8.30. The van der Waals surface area contributed by atoms with Crippen molar-refractivity contribution in [3.05, 3.63) is 89.4 Å². The van der Waals surface area contributed by atoms with Crippen LogP contribution in [-0.4, -0.2) is 25.5 Å². The Morgan fingerprint density at radius 3 is 2.44 bits per heavy atom. The Bertz CT molecular complexity index is 865. The van der Waals surface area contributed by atoms with Gasteiger partial charge < -0.3 is 9.47 Å². The topological polar surface area (TPSA) is 71.1 Å². The van der Waals surface area contributed by atoms with Crippen LogP contribution in [0.15, 0.2) is 78.3 Å². The monoisotopic (exact) mass is 366 g/mol. The van der Waals surface area contributed by atoms with Crippen LogP contribution >= 0.6 is 0 Å². The number of methoxy groups -OCH3 is 1. The Kier molecular flexibility index (Phi) is 6.02. The Morgan fingerprint density at radius 1 is 1.07 bits per heavy atom. The second-order valence-electron chi connectivity index (χ2n) is 5.70. The maximum absolute atomic E-state index is 12.9. The molecule has 0 saturated carbocycles. The van der Waals surface area contributed by atoms with E-state index in [-0.39, 0.29) is 24.8 Å². The van der Waals surface area contributed by atoms with Crippen molar-refractivity contribution in [2.24, 2.45) is 0 Å². The maximum atomic E-state index is 12.9. The Labute approximate surface area is 156 Å². The smallest absolute Gasteiger partial charge is 0.339 e. The molecule has 1 aliphatic rings. The van der Waals surface area contributed by atoms with Gasteiger partial charge in [-0.1, -0.05) is 30.3 Å². The largest absolute Gasteiger partial charge is 0.497 e. The molecule has 2 aromatic carbocycles. The molecule has 0 saturated heterocycles. The zero-order valence-electron chi connectivity index (χ0n) is 14.7. The first-order chi connectivity index (χ1) is 13.2. The highest BCUT2D eigenvalue weighted by Crippen LogP contribution is 2.18. The molecule has 0 atom stereocenters. The molecule has 1 heterocycles. The molecule has 0 fully saturated rings. The molecule has 0 spiro atoms. The van der Waals surface area contributed by atoms with E-state index < -0.39 is 5.97 Å². The highest BCUT2D eigenvalue weighted by Gasteiger charge is 2.18. The molecule has 0 bridgehead atoms. The average Bonchev–Trinajstić information content (AvgIpc) is 3.20. The minimum absolute atomic E-state index is 0.0350. The molecule has 6 heteroatoms. The summed E-state index contributed by atoms with van der Waals surface area (Å²) in [6.07, 6.45) is 2.95. The van der Waals surface area contributed by atoms with Gasteiger partial charge in [-0.25, -0.2) is 4.79 Å². The van der Waals surface area contributed by atoms with Gasteiger partial charge in [-0.15, -0.1) is 0 Å². The molecule has 0 amide bonds. The zero-order valence-corrected chi connectivity index (χ0v) is 14.7. The minimum atomic E-state index is -0.709. The summed E-state index contributed by atoms with van der Waals surface area (Å²) in [4.78, 5) is 34.4. The van der Waals surface area contributed by atoms with Crippen molar-refractivity contribution < 1.29 is 28.8 Å². The molecule has 138 valence electrons. The van der Waals surface area contributed by atoms with E-state index in [1.807, 2.05) is 30.3 Å². The summed E-state index contributed by atoms with van der Waals surface area (Å²) in [7, 11) is 1.55. The average molecular weight is 366 g/mol. The molecule has 2 aromatic rings. The number of esters is 1. The summed E-state index contributed by atoms with van der Waals surface area (Å²) < 4.78 is 10.1. The van der Waals surface area contributed by atoms with Crippen LogP contribution in [0, 0.1) is 0 Å². The van der Waals surface area contributed by atoms with E-state index in [0.29, 0.717) is 16.9 Å². The molecule has 0 unspecified atom stereocenters. The molecule has 27 heavy (non-hydrogen) atoms. The highest BCUT2D eigenvalue weighted by molar-refractivity contribution is 6.11. The summed E-state index contributed by atoms with van der Waals surface area (Å²) in [5.74, 6) is -0.368. The number of allylic oxidation sites excluding steroid dienone is 1. The third-order valence-corrected chi connectivity index (χ3v) is 3.83. The lowest BCUT2D eigenvalue weighted by Gasteiger charge is -2.08. The van der Waals surface area contributed by atoms with Crippen LogP contribution in [0.1, 0.15) is 15.9 Å². The van der Waals surface area contributed by atoms with Crippen molar-refractivity contribution in [1.29, 1.82) is 0 Å². The van der Waals surface area contributed by atoms with Gasteiger partial charge in [0.05, 0.1) is 7.11 Å². The van der Waals surface area contributed by atoms with Crippen molar-refractivity contribution in [3.63, 3.8) is 0 Å². The number of ether oxygens (including phenoxy) is 2. The van der Waals surface area contributed by atoms with Crippen LogP contribution in [-0.2, 0) is 25.7 Å². The van der Waals surface area contributed by atoms with Crippen molar-refractivity contribution in [1.82, 2.24) is 0 Å². The lowest BCUT2D eigenvalue weighted by Crippen LogP contribution is -2.10. The third-order valence-electron chi connectivity index (χ3n) is 3.83. The van der Waals surface area contributed by atoms with Crippen LogP contribution in [0.25, 0.3) is 0 Å². The van der Waals surface area contributed by atoms with Gasteiger partial charge in [-0.3, -0.25) is 9.68 Å². The van der Waals surface area contributed by atoms with Gasteiger partial charge in [0.1, 0.15) is 12.4 Å². The number of rotatable bonds is 7. The van der Waals surface area contributed by atoms with Gasteiger partial charge in [0.25, 0.3) is 0 Å². The van der Waals surface area contributed by atoms with E-state index in [1.54, 1.807) is 31.4 Å². The molecule has 6 nitrogen and oxygen atoms in total. The fourth-order valence-electron chi connectivity index (χ4n) is 2.50. The summed E-state index contributed by atoms with van der Waals surface area (Å²) in [6, 6.07) is 16.1. The number of benzene rings is 2. The maximum Gasteiger partial charge on any atom is 0.339 e. The van der Waals surface area contributed by atoms with Crippen LogP contribution < -0.4 is 4.74 Å². The lowest BCUT2D eigenvalue weighted by molar-refractivity contribution is -0.260. The predicted molar refractivity (Wildman–Crippen MR) is 96.8 cm³/mol. The Balaban J connectivity index is 1.84. The van der Waals surface area contributed by atoms with E-state index >= 15 is 0 Å². The summed E-state index contributed by atoms with van der Waals surface area (Å²) in [6.45, 7) is 0.202. The van der Waals surface area contributed by atoms with Gasteiger partial charge in [-0.05, 0) is 29.8 Å². The summed E-state index contributed by atoms with van der Waals surface area (Å²) in [5.41, 5.74) is 1.65. The van der Waals surface area contributed by atoms with Gasteiger partial charge in [0.15, 0.2) is 5.78 Å². The first kappa shape index (κ1) is 18.4. The quantitative estimate of drug-likeness (QED) is 0.324.